The molecular weight excluding hydrogens is 250 g/mol. The first kappa shape index (κ1) is 13.2. The number of rotatable bonds is 4. The van der Waals surface area contributed by atoms with Crippen molar-refractivity contribution in [3.8, 4) is 0 Å². The zero-order valence-corrected chi connectivity index (χ0v) is 11.1. The molecule has 1 heterocycles. The second-order valence-electron chi connectivity index (χ2n) is 4.51. The van der Waals surface area contributed by atoms with E-state index in [4.69, 9.17) is 15.6 Å². The maximum absolute atomic E-state index is 10.8. The first-order chi connectivity index (χ1) is 8.56. The van der Waals surface area contributed by atoms with Crippen molar-refractivity contribution in [2.24, 2.45) is 0 Å². The second-order valence-corrected chi connectivity index (χ2v) is 5.58. The third kappa shape index (κ3) is 3.17. The Hall–Kier alpha value is -1.20. The van der Waals surface area contributed by atoms with Gasteiger partial charge in [0.25, 0.3) is 0 Å². The Balaban J connectivity index is 1.87. The molecule has 2 unspecified atom stereocenters. The van der Waals surface area contributed by atoms with E-state index >= 15 is 0 Å². The average molecular weight is 267 g/mol. The molecule has 18 heavy (non-hydrogen) atoms. The Bertz CT molecular complexity index is 450. The predicted molar refractivity (Wildman–Crippen MR) is 71.8 cm³/mol. The lowest BCUT2D eigenvalue weighted by Gasteiger charge is -2.12. The molecule has 0 saturated carbocycles. The highest BCUT2D eigenvalue weighted by molar-refractivity contribution is 7.99. The van der Waals surface area contributed by atoms with E-state index < -0.39 is 12.1 Å². The number of thioether (sulfide) groups is 1. The molecular formula is C13H17NO3S. The first-order valence-electron chi connectivity index (χ1n) is 5.93. The van der Waals surface area contributed by atoms with E-state index in [0.29, 0.717) is 6.42 Å². The molecule has 1 aliphatic heterocycles. The van der Waals surface area contributed by atoms with Crippen molar-refractivity contribution >= 4 is 23.4 Å². The standard InChI is InChI=1S/C13H17NO3S/c1-8-2-5-12(10(14)6-8)18-7-9-3-4-11(17-9)13(15)16/h2,5-6,9,11H,3-4,7,14H2,1H3,(H,15,16). The van der Waals surface area contributed by atoms with Crippen molar-refractivity contribution in [1.29, 1.82) is 0 Å². The van der Waals surface area contributed by atoms with Crippen LogP contribution in [-0.4, -0.2) is 29.0 Å². The number of hydrogen-bond donors (Lipinski definition) is 2. The highest BCUT2D eigenvalue weighted by Crippen LogP contribution is 2.30. The molecule has 0 amide bonds. The molecule has 1 fully saturated rings. The number of carboxylic acids is 1. The molecule has 1 saturated heterocycles. The first-order valence-corrected chi connectivity index (χ1v) is 6.92. The topological polar surface area (TPSA) is 72.5 Å². The maximum atomic E-state index is 10.8. The van der Waals surface area contributed by atoms with E-state index in [-0.39, 0.29) is 6.10 Å². The quantitative estimate of drug-likeness (QED) is 0.647. The lowest BCUT2D eigenvalue weighted by atomic mass is 10.2. The van der Waals surface area contributed by atoms with Gasteiger partial charge in [0.1, 0.15) is 0 Å². The van der Waals surface area contributed by atoms with E-state index in [1.165, 1.54) is 0 Å². The van der Waals surface area contributed by atoms with E-state index in [1.54, 1.807) is 11.8 Å². The number of nitrogen functional groups attached to an aromatic ring is 1. The SMILES string of the molecule is Cc1ccc(SCC2CCC(C(=O)O)O2)c(N)c1. The fourth-order valence-corrected chi connectivity index (χ4v) is 2.99. The van der Waals surface area contributed by atoms with Crippen LogP contribution in [-0.2, 0) is 9.53 Å². The highest BCUT2D eigenvalue weighted by Gasteiger charge is 2.30. The van der Waals surface area contributed by atoms with Crippen LogP contribution in [0.5, 0.6) is 0 Å². The Morgan fingerprint density at radius 2 is 2.33 bits per heavy atom. The monoisotopic (exact) mass is 267 g/mol. The number of carboxylic acid groups (broad SMARTS) is 1. The molecule has 4 nitrogen and oxygen atoms in total. The van der Waals surface area contributed by atoms with Gasteiger partial charge in [0.15, 0.2) is 6.10 Å². The molecule has 3 N–H and O–H groups in total. The molecule has 2 atom stereocenters. The van der Waals surface area contributed by atoms with E-state index in [2.05, 4.69) is 0 Å². The van der Waals surface area contributed by atoms with Gasteiger partial charge in [-0.05, 0) is 37.5 Å². The van der Waals surface area contributed by atoms with Gasteiger partial charge in [-0.15, -0.1) is 11.8 Å². The van der Waals surface area contributed by atoms with Gasteiger partial charge >= 0.3 is 5.97 Å². The van der Waals surface area contributed by atoms with Crippen LogP contribution in [0, 0.1) is 6.92 Å². The Labute approximate surface area is 111 Å². The summed E-state index contributed by atoms with van der Waals surface area (Å²) in [5.74, 6) is -0.117. The summed E-state index contributed by atoms with van der Waals surface area (Å²) in [5, 5.41) is 8.84. The fraction of sp³-hybridized carbons (Fsp3) is 0.462. The Morgan fingerprint density at radius 3 is 2.94 bits per heavy atom. The summed E-state index contributed by atoms with van der Waals surface area (Å²) in [6.45, 7) is 2.00. The van der Waals surface area contributed by atoms with Gasteiger partial charge in [-0.25, -0.2) is 4.79 Å². The van der Waals surface area contributed by atoms with Gasteiger partial charge in [-0.1, -0.05) is 6.07 Å². The Kier molecular flexibility index (Phi) is 4.14. The highest BCUT2D eigenvalue weighted by atomic mass is 32.2. The minimum atomic E-state index is -0.864. The van der Waals surface area contributed by atoms with Crippen LogP contribution in [0.25, 0.3) is 0 Å². The molecule has 0 aliphatic carbocycles. The van der Waals surface area contributed by atoms with Crippen molar-refractivity contribution in [1.82, 2.24) is 0 Å². The number of anilines is 1. The van der Waals surface area contributed by atoms with Crippen LogP contribution in [0.15, 0.2) is 23.1 Å². The van der Waals surface area contributed by atoms with Gasteiger partial charge in [0, 0.05) is 16.3 Å². The van der Waals surface area contributed by atoms with Crippen LogP contribution < -0.4 is 5.73 Å². The number of benzene rings is 1. The molecule has 0 spiro atoms. The molecule has 1 aliphatic rings. The van der Waals surface area contributed by atoms with Crippen molar-refractivity contribution in [3.63, 3.8) is 0 Å². The van der Waals surface area contributed by atoms with Crippen LogP contribution in [0.1, 0.15) is 18.4 Å². The molecule has 5 heteroatoms. The maximum Gasteiger partial charge on any atom is 0.332 e. The minimum Gasteiger partial charge on any atom is -0.479 e. The molecule has 1 aromatic rings. The Morgan fingerprint density at radius 1 is 1.56 bits per heavy atom. The van der Waals surface area contributed by atoms with Crippen molar-refractivity contribution in [2.75, 3.05) is 11.5 Å². The van der Waals surface area contributed by atoms with Crippen LogP contribution in [0.4, 0.5) is 5.69 Å². The summed E-state index contributed by atoms with van der Waals surface area (Å²) in [5.41, 5.74) is 7.84. The number of ether oxygens (including phenoxy) is 1. The number of aryl methyl sites for hydroxylation is 1. The third-order valence-electron chi connectivity index (χ3n) is 2.97. The minimum absolute atomic E-state index is 0.0109. The van der Waals surface area contributed by atoms with Gasteiger partial charge in [0.2, 0.25) is 0 Å². The molecule has 0 radical (unpaired) electrons. The lowest BCUT2D eigenvalue weighted by molar-refractivity contribution is -0.148. The van der Waals surface area contributed by atoms with Crippen molar-refractivity contribution in [3.05, 3.63) is 23.8 Å². The summed E-state index contributed by atoms with van der Waals surface area (Å²) in [6, 6.07) is 5.96. The number of aliphatic carboxylic acids is 1. The van der Waals surface area contributed by atoms with E-state index in [0.717, 1.165) is 28.3 Å². The van der Waals surface area contributed by atoms with Crippen LogP contribution in [0.2, 0.25) is 0 Å². The smallest absolute Gasteiger partial charge is 0.332 e. The zero-order valence-electron chi connectivity index (χ0n) is 10.3. The van der Waals surface area contributed by atoms with Gasteiger partial charge in [0.05, 0.1) is 6.10 Å². The molecule has 2 rings (SSSR count). The summed E-state index contributed by atoms with van der Waals surface area (Å²) < 4.78 is 5.45. The summed E-state index contributed by atoms with van der Waals surface area (Å²) in [7, 11) is 0. The number of hydrogen-bond acceptors (Lipinski definition) is 4. The second kappa shape index (κ2) is 5.63. The van der Waals surface area contributed by atoms with Crippen molar-refractivity contribution in [2.45, 2.75) is 36.9 Å². The molecule has 0 bridgehead atoms. The van der Waals surface area contributed by atoms with Crippen LogP contribution in [0.3, 0.4) is 0 Å². The predicted octanol–water partition coefficient (Wildman–Crippen LogP) is 2.30. The molecule has 0 aromatic heterocycles. The lowest BCUT2D eigenvalue weighted by Crippen LogP contribution is -2.21. The number of carbonyl (C=O) groups is 1. The largest absolute Gasteiger partial charge is 0.479 e. The zero-order chi connectivity index (χ0) is 13.1. The van der Waals surface area contributed by atoms with Gasteiger partial charge < -0.3 is 15.6 Å². The van der Waals surface area contributed by atoms with Gasteiger partial charge in [-0.3, -0.25) is 0 Å². The summed E-state index contributed by atoms with van der Waals surface area (Å²) >= 11 is 1.62. The van der Waals surface area contributed by atoms with Crippen LogP contribution >= 0.6 is 11.8 Å². The molecule has 1 aromatic carbocycles. The average Bonchev–Trinajstić information content (AvgIpc) is 2.76. The van der Waals surface area contributed by atoms with E-state index in [1.807, 2.05) is 25.1 Å². The van der Waals surface area contributed by atoms with E-state index in [9.17, 15) is 4.79 Å². The normalized spacial score (nSPS) is 23.2. The summed E-state index contributed by atoms with van der Waals surface area (Å²) in [4.78, 5) is 11.8. The molecule has 98 valence electrons. The van der Waals surface area contributed by atoms with Gasteiger partial charge in [-0.2, -0.15) is 0 Å². The summed E-state index contributed by atoms with van der Waals surface area (Å²) in [6.07, 6.45) is 0.780. The third-order valence-corrected chi connectivity index (χ3v) is 4.19. The fourth-order valence-electron chi connectivity index (χ4n) is 1.99. The van der Waals surface area contributed by atoms with Crippen molar-refractivity contribution < 1.29 is 14.6 Å². The number of nitrogens with two attached hydrogens (primary N) is 1.